The maximum absolute atomic E-state index is 13.1. The fraction of sp³-hybridized carbons (Fsp3) is 0.214. The lowest BCUT2D eigenvalue weighted by atomic mass is 10.2. The van der Waals surface area contributed by atoms with E-state index in [2.05, 4.69) is 4.98 Å². The first kappa shape index (κ1) is 11.6. The fourth-order valence-corrected chi connectivity index (χ4v) is 1.55. The molecular formula is C14H14FNO. The molecule has 1 aromatic heterocycles. The smallest absolute Gasteiger partial charge is 0.130 e. The summed E-state index contributed by atoms with van der Waals surface area (Å²) in [4.78, 5) is 4.23. The number of ether oxygens (including phenoxy) is 1. The summed E-state index contributed by atoms with van der Waals surface area (Å²) < 4.78 is 18.6. The highest BCUT2D eigenvalue weighted by Gasteiger charge is 2.04. The van der Waals surface area contributed by atoms with Gasteiger partial charge in [-0.25, -0.2) is 4.39 Å². The minimum Gasteiger partial charge on any atom is -0.487 e. The van der Waals surface area contributed by atoms with Gasteiger partial charge in [0.1, 0.15) is 18.2 Å². The predicted molar refractivity (Wildman–Crippen MR) is 64.4 cm³/mol. The van der Waals surface area contributed by atoms with Gasteiger partial charge in [0.2, 0.25) is 0 Å². The largest absolute Gasteiger partial charge is 0.487 e. The summed E-state index contributed by atoms with van der Waals surface area (Å²) >= 11 is 0. The van der Waals surface area contributed by atoms with Crippen LogP contribution in [-0.2, 0) is 6.61 Å². The van der Waals surface area contributed by atoms with E-state index in [1.54, 1.807) is 12.3 Å². The Bertz CT molecular complexity index is 525. The molecule has 1 heterocycles. The zero-order valence-electron chi connectivity index (χ0n) is 9.90. The third-order valence-electron chi connectivity index (χ3n) is 2.63. The van der Waals surface area contributed by atoms with Crippen molar-refractivity contribution in [3.8, 4) is 5.75 Å². The molecule has 0 radical (unpaired) electrons. The van der Waals surface area contributed by atoms with Crippen LogP contribution in [-0.4, -0.2) is 4.98 Å². The molecule has 88 valence electrons. The number of aryl methyl sites for hydroxylation is 2. The van der Waals surface area contributed by atoms with E-state index in [9.17, 15) is 4.39 Å². The molecule has 0 atom stereocenters. The number of halogens is 1. The van der Waals surface area contributed by atoms with Gasteiger partial charge in [0.25, 0.3) is 0 Å². The Morgan fingerprint density at radius 2 is 2.00 bits per heavy atom. The summed E-state index contributed by atoms with van der Waals surface area (Å²) in [6, 6.07) is 8.38. The highest BCUT2D eigenvalue weighted by Crippen LogP contribution is 2.20. The standard InChI is InChI=1S/C14H14FNO/c1-10-4-3-7-16-13(10)9-17-14-8-12(15)6-5-11(14)2/h3-8H,9H2,1-2H3. The number of aromatic nitrogens is 1. The molecule has 0 aliphatic heterocycles. The van der Waals surface area contributed by atoms with Crippen LogP contribution >= 0.6 is 0 Å². The maximum Gasteiger partial charge on any atom is 0.130 e. The molecule has 17 heavy (non-hydrogen) atoms. The van der Waals surface area contributed by atoms with Gasteiger partial charge in [-0.1, -0.05) is 12.1 Å². The first-order chi connectivity index (χ1) is 8.16. The van der Waals surface area contributed by atoms with E-state index in [0.717, 1.165) is 16.8 Å². The monoisotopic (exact) mass is 231 g/mol. The first-order valence-electron chi connectivity index (χ1n) is 5.46. The van der Waals surface area contributed by atoms with Crippen molar-refractivity contribution < 1.29 is 9.13 Å². The van der Waals surface area contributed by atoms with E-state index in [-0.39, 0.29) is 5.82 Å². The van der Waals surface area contributed by atoms with Crippen LogP contribution in [0.4, 0.5) is 4.39 Å². The summed E-state index contributed by atoms with van der Waals surface area (Å²) in [6.45, 7) is 4.22. The zero-order valence-corrected chi connectivity index (χ0v) is 9.90. The molecular weight excluding hydrogens is 217 g/mol. The topological polar surface area (TPSA) is 22.1 Å². The molecule has 0 fully saturated rings. The molecule has 2 rings (SSSR count). The van der Waals surface area contributed by atoms with Crippen LogP contribution in [0.1, 0.15) is 16.8 Å². The number of pyridine rings is 1. The third-order valence-corrected chi connectivity index (χ3v) is 2.63. The van der Waals surface area contributed by atoms with Gasteiger partial charge < -0.3 is 4.74 Å². The van der Waals surface area contributed by atoms with Gasteiger partial charge in [-0.05, 0) is 37.1 Å². The average Bonchev–Trinajstić information content (AvgIpc) is 2.32. The summed E-state index contributed by atoms with van der Waals surface area (Å²) in [6.07, 6.45) is 1.73. The van der Waals surface area contributed by atoms with Gasteiger partial charge in [-0.2, -0.15) is 0 Å². The van der Waals surface area contributed by atoms with Crippen molar-refractivity contribution in [2.75, 3.05) is 0 Å². The molecule has 0 aliphatic rings. The van der Waals surface area contributed by atoms with Crippen LogP contribution in [0, 0.1) is 19.7 Å². The predicted octanol–water partition coefficient (Wildman–Crippen LogP) is 3.42. The van der Waals surface area contributed by atoms with Crippen LogP contribution in [0.25, 0.3) is 0 Å². The lowest BCUT2D eigenvalue weighted by Gasteiger charge is -2.10. The molecule has 0 bridgehead atoms. The molecule has 0 unspecified atom stereocenters. The molecule has 0 saturated carbocycles. The highest BCUT2D eigenvalue weighted by molar-refractivity contribution is 5.33. The number of hydrogen-bond acceptors (Lipinski definition) is 2. The summed E-state index contributed by atoms with van der Waals surface area (Å²) in [5.41, 5.74) is 2.86. The molecule has 1 aromatic carbocycles. The van der Waals surface area contributed by atoms with Crippen LogP contribution in [0.2, 0.25) is 0 Å². The van der Waals surface area contributed by atoms with Crippen LogP contribution in [0.3, 0.4) is 0 Å². The van der Waals surface area contributed by atoms with Gasteiger partial charge >= 0.3 is 0 Å². The van der Waals surface area contributed by atoms with Crippen molar-refractivity contribution in [1.82, 2.24) is 4.98 Å². The molecule has 0 spiro atoms. The lowest BCUT2D eigenvalue weighted by Crippen LogP contribution is -2.01. The Balaban J connectivity index is 2.12. The molecule has 0 N–H and O–H groups in total. The van der Waals surface area contributed by atoms with E-state index in [0.29, 0.717) is 12.4 Å². The molecule has 0 saturated heterocycles. The number of nitrogens with zero attached hydrogens (tertiary/aromatic N) is 1. The molecule has 3 heteroatoms. The lowest BCUT2D eigenvalue weighted by molar-refractivity contribution is 0.297. The van der Waals surface area contributed by atoms with Gasteiger partial charge in [-0.15, -0.1) is 0 Å². The second kappa shape index (κ2) is 4.95. The van der Waals surface area contributed by atoms with Crippen LogP contribution < -0.4 is 4.74 Å². The number of rotatable bonds is 3. The summed E-state index contributed by atoms with van der Waals surface area (Å²) in [5.74, 6) is 0.276. The van der Waals surface area contributed by atoms with Crippen molar-refractivity contribution >= 4 is 0 Å². The van der Waals surface area contributed by atoms with Crippen LogP contribution in [0.15, 0.2) is 36.5 Å². The van der Waals surface area contributed by atoms with Crippen molar-refractivity contribution in [2.45, 2.75) is 20.5 Å². The molecule has 0 amide bonds. The van der Waals surface area contributed by atoms with Crippen LogP contribution in [0.5, 0.6) is 5.75 Å². The van der Waals surface area contributed by atoms with E-state index < -0.39 is 0 Å². The van der Waals surface area contributed by atoms with Gasteiger partial charge in [0.05, 0.1) is 5.69 Å². The normalized spacial score (nSPS) is 10.3. The Hall–Kier alpha value is -1.90. The highest BCUT2D eigenvalue weighted by atomic mass is 19.1. The van der Waals surface area contributed by atoms with Crippen molar-refractivity contribution in [3.05, 3.63) is 59.2 Å². The van der Waals surface area contributed by atoms with E-state index in [1.165, 1.54) is 12.1 Å². The number of benzene rings is 1. The Kier molecular flexibility index (Phi) is 3.38. The third kappa shape index (κ3) is 2.81. The fourth-order valence-electron chi connectivity index (χ4n) is 1.55. The average molecular weight is 231 g/mol. The van der Waals surface area contributed by atoms with Crippen molar-refractivity contribution in [1.29, 1.82) is 0 Å². The van der Waals surface area contributed by atoms with Gasteiger partial charge in [0.15, 0.2) is 0 Å². The molecule has 2 aromatic rings. The maximum atomic E-state index is 13.1. The second-order valence-corrected chi connectivity index (χ2v) is 3.97. The Labute approximate surface area is 100 Å². The SMILES string of the molecule is Cc1ccc(F)cc1OCc1ncccc1C. The zero-order chi connectivity index (χ0) is 12.3. The van der Waals surface area contributed by atoms with E-state index in [4.69, 9.17) is 4.74 Å². The summed E-state index contributed by atoms with van der Waals surface area (Å²) in [7, 11) is 0. The number of hydrogen-bond donors (Lipinski definition) is 0. The molecule has 0 aliphatic carbocycles. The summed E-state index contributed by atoms with van der Waals surface area (Å²) in [5, 5.41) is 0. The minimum atomic E-state index is -0.289. The Morgan fingerprint density at radius 3 is 2.76 bits per heavy atom. The second-order valence-electron chi connectivity index (χ2n) is 3.97. The van der Waals surface area contributed by atoms with Gasteiger partial charge in [-0.3, -0.25) is 4.98 Å². The first-order valence-corrected chi connectivity index (χ1v) is 5.46. The minimum absolute atomic E-state index is 0.289. The Morgan fingerprint density at radius 1 is 1.18 bits per heavy atom. The molecule has 2 nitrogen and oxygen atoms in total. The van der Waals surface area contributed by atoms with Gasteiger partial charge in [0, 0.05) is 12.3 Å². The van der Waals surface area contributed by atoms with Crippen molar-refractivity contribution in [2.24, 2.45) is 0 Å². The van der Waals surface area contributed by atoms with Crippen molar-refractivity contribution in [3.63, 3.8) is 0 Å². The van der Waals surface area contributed by atoms with E-state index >= 15 is 0 Å². The van der Waals surface area contributed by atoms with E-state index in [1.807, 2.05) is 26.0 Å². The quantitative estimate of drug-likeness (QED) is 0.807.